The number of aromatic nitrogens is 2. The Morgan fingerprint density at radius 3 is 2.84 bits per heavy atom. The first kappa shape index (κ1) is 13.7. The van der Waals surface area contributed by atoms with Crippen LogP contribution in [0.3, 0.4) is 0 Å². The Morgan fingerprint density at radius 1 is 1.37 bits per heavy atom. The number of quaternary nitrogens is 1. The molecule has 102 valence electrons. The first-order valence-electron chi connectivity index (χ1n) is 6.94. The minimum absolute atomic E-state index is 0.0383. The number of rotatable bonds is 5. The number of fused-ring (bicyclic) bond motifs is 1. The lowest BCUT2D eigenvalue weighted by molar-refractivity contribution is -0.694. The van der Waals surface area contributed by atoms with Crippen LogP contribution >= 0.6 is 0 Å². The minimum atomic E-state index is 0.0383. The predicted octanol–water partition coefficient (Wildman–Crippen LogP) is 1.36. The van der Waals surface area contributed by atoms with Crippen LogP contribution in [0.4, 0.5) is 0 Å². The van der Waals surface area contributed by atoms with Gasteiger partial charge in [0.25, 0.3) is 5.56 Å². The second kappa shape index (κ2) is 5.97. The zero-order valence-electron chi connectivity index (χ0n) is 11.9. The Balaban J connectivity index is 2.38. The molecule has 0 fully saturated rings. The highest BCUT2D eigenvalue weighted by Crippen LogP contribution is 2.10. The molecule has 0 amide bonds. The topological polar surface area (TPSA) is 51.5 Å². The summed E-state index contributed by atoms with van der Waals surface area (Å²) in [7, 11) is 1.81. The molecule has 1 atom stereocenters. The number of para-hydroxylation sites is 1. The van der Waals surface area contributed by atoms with E-state index in [0.717, 1.165) is 17.9 Å². The summed E-state index contributed by atoms with van der Waals surface area (Å²) in [5.41, 5.74) is 0.827. The fraction of sp³-hybridized carbons (Fsp3) is 0.467. The van der Waals surface area contributed by atoms with Crippen molar-refractivity contribution in [2.75, 3.05) is 6.54 Å². The van der Waals surface area contributed by atoms with Gasteiger partial charge in [-0.3, -0.25) is 9.36 Å². The predicted molar refractivity (Wildman–Crippen MR) is 77.1 cm³/mol. The molecule has 19 heavy (non-hydrogen) atoms. The molecule has 0 unspecified atom stereocenters. The van der Waals surface area contributed by atoms with E-state index >= 15 is 0 Å². The highest BCUT2D eigenvalue weighted by atomic mass is 16.1. The number of nitrogens with two attached hydrogens (primary N) is 1. The number of hydrogen-bond donors (Lipinski definition) is 1. The molecule has 4 nitrogen and oxygen atoms in total. The molecule has 0 saturated heterocycles. The minimum Gasteiger partial charge on any atom is -0.338 e. The van der Waals surface area contributed by atoms with Gasteiger partial charge in [0.15, 0.2) is 5.82 Å². The van der Waals surface area contributed by atoms with Gasteiger partial charge >= 0.3 is 0 Å². The van der Waals surface area contributed by atoms with Crippen molar-refractivity contribution in [3.05, 3.63) is 40.4 Å². The summed E-state index contributed by atoms with van der Waals surface area (Å²) in [5.74, 6) is 0.847. The van der Waals surface area contributed by atoms with E-state index in [1.807, 2.05) is 24.3 Å². The van der Waals surface area contributed by atoms with E-state index in [4.69, 9.17) is 0 Å². The van der Waals surface area contributed by atoms with Crippen molar-refractivity contribution < 1.29 is 5.32 Å². The zero-order chi connectivity index (χ0) is 13.8. The molecule has 0 spiro atoms. The molecular formula is C15H22N3O+. The molecule has 1 aromatic heterocycles. The Bertz CT molecular complexity index is 618. The van der Waals surface area contributed by atoms with Gasteiger partial charge in [-0.25, -0.2) is 4.98 Å². The van der Waals surface area contributed by atoms with Crippen molar-refractivity contribution in [2.24, 2.45) is 7.05 Å². The lowest BCUT2D eigenvalue weighted by Crippen LogP contribution is -2.85. The molecule has 2 aromatic rings. The number of hydrogen-bond acceptors (Lipinski definition) is 2. The molecule has 0 aliphatic heterocycles. The Kier molecular flexibility index (Phi) is 4.32. The van der Waals surface area contributed by atoms with E-state index < -0.39 is 0 Å². The van der Waals surface area contributed by atoms with Gasteiger partial charge in [-0.2, -0.15) is 0 Å². The number of nitrogens with zero attached hydrogens (tertiary/aromatic N) is 2. The molecule has 0 saturated carbocycles. The van der Waals surface area contributed by atoms with Gasteiger partial charge in [0.05, 0.1) is 17.4 Å². The zero-order valence-corrected chi connectivity index (χ0v) is 11.9. The second-order valence-corrected chi connectivity index (χ2v) is 5.02. The lowest BCUT2D eigenvalue weighted by Gasteiger charge is -2.14. The summed E-state index contributed by atoms with van der Waals surface area (Å²) in [4.78, 5) is 16.9. The van der Waals surface area contributed by atoms with Gasteiger partial charge in [-0.15, -0.1) is 0 Å². The van der Waals surface area contributed by atoms with Crippen LogP contribution < -0.4 is 10.9 Å². The van der Waals surface area contributed by atoms with Gasteiger partial charge in [0.2, 0.25) is 0 Å². The molecular weight excluding hydrogens is 238 g/mol. The summed E-state index contributed by atoms with van der Waals surface area (Å²) in [5, 5.41) is 2.94. The van der Waals surface area contributed by atoms with E-state index in [1.54, 1.807) is 11.6 Å². The summed E-state index contributed by atoms with van der Waals surface area (Å²) in [6, 6.07) is 7.74. The quantitative estimate of drug-likeness (QED) is 0.825. The van der Waals surface area contributed by atoms with Crippen LogP contribution in [0.15, 0.2) is 29.1 Å². The first-order chi connectivity index (χ1) is 9.15. The fourth-order valence-electron chi connectivity index (χ4n) is 2.32. The average Bonchev–Trinajstić information content (AvgIpc) is 2.43. The maximum absolute atomic E-state index is 12.3. The second-order valence-electron chi connectivity index (χ2n) is 5.02. The van der Waals surface area contributed by atoms with Crippen LogP contribution in [0.2, 0.25) is 0 Å². The van der Waals surface area contributed by atoms with Crippen LogP contribution in [0, 0.1) is 0 Å². The SMILES string of the molecule is CCCC[NH2+][C@H](C)c1nc2ccccc2c(=O)n1C. The van der Waals surface area contributed by atoms with Crippen LogP contribution in [0.1, 0.15) is 38.6 Å². The van der Waals surface area contributed by atoms with Crippen LogP contribution in [-0.4, -0.2) is 16.1 Å². The highest BCUT2D eigenvalue weighted by molar-refractivity contribution is 5.77. The lowest BCUT2D eigenvalue weighted by atomic mass is 10.2. The number of unbranched alkanes of at least 4 members (excludes halogenated alkanes) is 1. The maximum atomic E-state index is 12.3. The molecule has 0 bridgehead atoms. The van der Waals surface area contributed by atoms with Gasteiger partial charge in [-0.1, -0.05) is 25.5 Å². The van der Waals surface area contributed by atoms with E-state index in [1.165, 1.54) is 12.8 Å². The summed E-state index contributed by atoms with van der Waals surface area (Å²) in [6.45, 7) is 5.36. The Labute approximate surface area is 113 Å². The van der Waals surface area contributed by atoms with Crippen molar-refractivity contribution in [3.8, 4) is 0 Å². The van der Waals surface area contributed by atoms with Crippen molar-refractivity contribution in [1.82, 2.24) is 9.55 Å². The third-order valence-corrected chi connectivity index (χ3v) is 3.50. The molecule has 2 rings (SSSR count). The molecule has 1 heterocycles. The van der Waals surface area contributed by atoms with Crippen LogP contribution in [0.5, 0.6) is 0 Å². The summed E-state index contributed by atoms with van der Waals surface area (Å²) in [6.07, 6.45) is 2.37. The monoisotopic (exact) mass is 260 g/mol. The van der Waals surface area contributed by atoms with Crippen molar-refractivity contribution >= 4 is 10.9 Å². The number of benzene rings is 1. The molecule has 0 radical (unpaired) electrons. The van der Waals surface area contributed by atoms with E-state index in [-0.39, 0.29) is 11.6 Å². The van der Waals surface area contributed by atoms with Crippen molar-refractivity contribution in [2.45, 2.75) is 32.7 Å². The molecule has 0 aliphatic rings. The molecule has 2 N–H and O–H groups in total. The maximum Gasteiger partial charge on any atom is 0.261 e. The Morgan fingerprint density at radius 2 is 2.11 bits per heavy atom. The fourth-order valence-corrected chi connectivity index (χ4v) is 2.32. The van der Waals surface area contributed by atoms with Crippen LogP contribution in [-0.2, 0) is 7.05 Å². The van der Waals surface area contributed by atoms with Crippen LogP contribution in [0.25, 0.3) is 10.9 Å². The van der Waals surface area contributed by atoms with Crippen molar-refractivity contribution in [1.29, 1.82) is 0 Å². The summed E-state index contributed by atoms with van der Waals surface area (Å²) >= 11 is 0. The van der Waals surface area contributed by atoms with E-state index in [0.29, 0.717) is 5.39 Å². The third kappa shape index (κ3) is 2.84. The third-order valence-electron chi connectivity index (χ3n) is 3.50. The van der Waals surface area contributed by atoms with E-state index in [2.05, 4.69) is 24.1 Å². The van der Waals surface area contributed by atoms with Gasteiger partial charge in [0.1, 0.15) is 6.04 Å². The summed E-state index contributed by atoms with van der Waals surface area (Å²) < 4.78 is 1.68. The average molecular weight is 260 g/mol. The molecule has 1 aromatic carbocycles. The van der Waals surface area contributed by atoms with Gasteiger partial charge in [0, 0.05) is 7.05 Å². The highest BCUT2D eigenvalue weighted by Gasteiger charge is 2.16. The largest absolute Gasteiger partial charge is 0.338 e. The molecule has 4 heteroatoms. The standard InChI is InChI=1S/C15H21N3O/c1-4-5-10-16-11(2)14-17-13-9-7-6-8-12(13)15(19)18(14)3/h6-9,11,16H,4-5,10H2,1-3H3/p+1/t11-/m1/s1. The van der Waals surface area contributed by atoms with Gasteiger partial charge < -0.3 is 5.32 Å². The Hall–Kier alpha value is -1.68. The smallest absolute Gasteiger partial charge is 0.261 e. The normalized spacial score (nSPS) is 12.8. The molecule has 0 aliphatic carbocycles. The van der Waals surface area contributed by atoms with Crippen molar-refractivity contribution in [3.63, 3.8) is 0 Å². The van der Waals surface area contributed by atoms with Gasteiger partial charge in [-0.05, 0) is 25.5 Å². The first-order valence-corrected chi connectivity index (χ1v) is 6.94. The van der Waals surface area contributed by atoms with E-state index in [9.17, 15) is 4.79 Å².